The van der Waals surface area contributed by atoms with Crippen molar-refractivity contribution < 1.29 is 4.79 Å². The molecule has 2 aromatic carbocycles. The Morgan fingerprint density at radius 2 is 1.80 bits per heavy atom. The van der Waals surface area contributed by atoms with Crippen molar-refractivity contribution in [3.05, 3.63) is 71.4 Å². The fraction of sp³-hybridized carbons (Fsp3) is 0.208. The molecule has 0 saturated heterocycles. The molecule has 0 radical (unpaired) electrons. The molecule has 4 rings (SSSR count). The molecule has 4 aromatic rings. The predicted molar refractivity (Wildman–Crippen MR) is 127 cm³/mol. The van der Waals surface area contributed by atoms with Gasteiger partial charge in [0.25, 0.3) is 0 Å². The molecule has 2 heterocycles. The number of thioether (sulfide) groups is 1. The first-order valence-electron chi connectivity index (χ1n) is 9.89. The van der Waals surface area contributed by atoms with Gasteiger partial charge in [0.2, 0.25) is 5.91 Å². The lowest BCUT2D eigenvalue weighted by molar-refractivity contribution is -0.115. The monoisotopic (exact) mass is 433 g/mol. The zero-order valence-corrected chi connectivity index (χ0v) is 18.8. The summed E-state index contributed by atoms with van der Waals surface area (Å²) in [5.74, 6) is 0.00292. The summed E-state index contributed by atoms with van der Waals surface area (Å²) >= 11 is 3.12. The lowest BCUT2D eigenvalue weighted by atomic mass is 10.1. The minimum absolute atomic E-state index is 0.00292. The summed E-state index contributed by atoms with van der Waals surface area (Å²) in [6.07, 6.45) is 2.30. The molecule has 0 aliphatic carbocycles. The number of rotatable bonds is 6. The molecule has 1 atom stereocenters. The smallest absolute Gasteiger partial charge is 0.237 e. The summed E-state index contributed by atoms with van der Waals surface area (Å²) in [5, 5.41) is 6.89. The lowest BCUT2D eigenvalue weighted by Gasteiger charge is -2.17. The van der Waals surface area contributed by atoms with E-state index in [-0.39, 0.29) is 11.2 Å². The zero-order valence-electron chi connectivity index (χ0n) is 17.2. The SMILES string of the molecule is CCC(Sc1ncnc2scc(-c3ccccc3)c12)C(=O)Nc1c(C)cccc1C. The van der Waals surface area contributed by atoms with Crippen LogP contribution >= 0.6 is 23.1 Å². The number of para-hydroxylation sites is 1. The Hall–Kier alpha value is -2.70. The van der Waals surface area contributed by atoms with E-state index < -0.39 is 0 Å². The number of carbonyl (C=O) groups excluding carboxylic acids is 1. The standard InChI is InChI=1S/C24H23N3OS2/c1-4-19(22(28)27-21-15(2)9-8-10-16(21)3)30-24-20-18(17-11-6-5-7-12-17)13-29-23(20)25-14-26-24/h5-14,19H,4H2,1-3H3,(H,27,28). The summed E-state index contributed by atoms with van der Waals surface area (Å²) in [7, 11) is 0. The highest BCUT2D eigenvalue weighted by molar-refractivity contribution is 8.00. The van der Waals surface area contributed by atoms with Gasteiger partial charge in [-0.1, -0.05) is 67.2 Å². The summed E-state index contributed by atoms with van der Waals surface area (Å²) in [4.78, 5) is 23.1. The van der Waals surface area contributed by atoms with E-state index in [1.54, 1.807) is 17.7 Å². The van der Waals surface area contributed by atoms with Crippen molar-refractivity contribution in [1.29, 1.82) is 0 Å². The van der Waals surface area contributed by atoms with Gasteiger partial charge in [-0.2, -0.15) is 0 Å². The van der Waals surface area contributed by atoms with E-state index in [0.717, 1.165) is 43.2 Å². The number of nitrogens with one attached hydrogen (secondary N) is 1. The van der Waals surface area contributed by atoms with Gasteiger partial charge in [-0.05, 0) is 37.0 Å². The minimum Gasteiger partial charge on any atom is -0.325 e. The highest BCUT2D eigenvalue weighted by Gasteiger charge is 2.23. The van der Waals surface area contributed by atoms with Crippen molar-refractivity contribution in [3.63, 3.8) is 0 Å². The van der Waals surface area contributed by atoms with Gasteiger partial charge in [-0.3, -0.25) is 4.79 Å². The Morgan fingerprint density at radius 3 is 2.50 bits per heavy atom. The number of hydrogen-bond acceptors (Lipinski definition) is 5. The molecule has 1 unspecified atom stereocenters. The molecule has 0 spiro atoms. The first-order valence-corrected chi connectivity index (χ1v) is 11.7. The van der Waals surface area contributed by atoms with Crippen LogP contribution < -0.4 is 5.32 Å². The van der Waals surface area contributed by atoms with E-state index >= 15 is 0 Å². The third-order valence-electron chi connectivity index (χ3n) is 5.07. The largest absolute Gasteiger partial charge is 0.325 e. The number of thiophene rings is 1. The van der Waals surface area contributed by atoms with Gasteiger partial charge >= 0.3 is 0 Å². The summed E-state index contributed by atoms with van der Waals surface area (Å²) in [5.41, 5.74) is 5.28. The van der Waals surface area contributed by atoms with Gasteiger partial charge in [0.15, 0.2) is 0 Å². The van der Waals surface area contributed by atoms with Crippen molar-refractivity contribution in [2.45, 2.75) is 37.5 Å². The Balaban J connectivity index is 1.65. The average Bonchev–Trinajstić information content (AvgIpc) is 3.20. The number of anilines is 1. The van der Waals surface area contributed by atoms with E-state index in [1.165, 1.54) is 11.8 Å². The van der Waals surface area contributed by atoms with Crippen molar-refractivity contribution in [3.8, 4) is 11.1 Å². The van der Waals surface area contributed by atoms with Crippen LogP contribution in [0.2, 0.25) is 0 Å². The highest BCUT2D eigenvalue weighted by Crippen LogP contribution is 2.39. The maximum absolute atomic E-state index is 13.1. The number of aryl methyl sites for hydroxylation is 2. The molecule has 0 fully saturated rings. The maximum Gasteiger partial charge on any atom is 0.237 e. The van der Waals surface area contributed by atoms with Gasteiger partial charge < -0.3 is 5.32 Å². The molecule has 6 heteroatoms. The molecule has 30 heavy (non-hydrogen) atoms. The lowest BCUT2D eigenvalue weighted by Crippen LogP contribution is -2.25. The molecule has 0 aliphatic rings. The Morgan fingerprint density at radius 1 is 1.07 bits per heavy atom. The third kappa shape index (κ3) is 4.11. The predicted octanol–water partition coefficient (Wildman–Crippen LogP) is 6.48. The van der Waals surface area contributed by atoms with E-state index in [2.05, 4.69) is 32.8 Å². The van der Waals surface area contributed by atoms with Gasteiger partial charge in [0.1, 0.15) is 16.2 Å². The first kappa shape index (κ1) is 20.6. The van der Waals surface area contributed by atoms with Crippen molar-refractivity contribution in [2.75, 3.05) is 5.32 Å². The van der Waals surface area contributed by atoms with Crippen LogP contribution in [0.15, 0.2) is 65.3 Å². The average molecular weight is 434 g/mol. The normalized spacial score (nSPS) is 12.1. The summed E-state index contributed by atoms with van der Waals surface area (Å²) in [6.45, 7) is 6.07. The van der Waals surface area contributed by atoms with Crippen LogP contribution in [0, 0.1) is 13.8 Å². The third-order valence-corrected chi connectivity index (χ3v) is 7.32. The van der Waals surface area contributed by atoms with Crippen molar-refractivity contribution in [1.82, 2.24) is 9.97 Å². The second kappa shape index (κ2) is 8.98. The number of carbonyl (C=O) groups is 1. The number of fused-ring (bicyclic) bond motifs is 1. The number of hydrogen-bond donors (Lipinski definition) is 1. The fourth-order valence-electron chi connectivity index (χ4n) is 3.44. The molecule has 2 aromatic heterocycles. The van der Waals surface area contributed by atoms with E-state index in [0.29, 0.717) is 6.42 Å². The Bertz CT molecular complexity index is 1170. The maximum atomic E-state index is 13.1. The molecule has 0 bridgehead atoms. The Kier molecular flexibility index (Phi) is 6.16. The zero-order chi connectivity index (χ0) is 21.1. The number of nitrogens with zero attached hydrogens (tertiary/aromatic N) is 2. The molecule has 0 saturated carbocycles. The number of amides is 1. The van der Waals surface area contributed by atoms with E-state index in [9.17, 15) is 4.79 Å². The quantitative estimate of drug-likeness (QED) is 0.279. The van der Waals surface area contributed by atoms with Crippen LogP contribution in [-0.4, -0.2) is 21.1 Å². The van der Waals surface area contributed by atoms with Crippen LogP contribution in [-0.2, 0) is 4.79 Å². The van der Waals surface area contributed by atoms with Crippen LogP contribution in [0.1, 0.15) is 24.5 Å². The van der Waals surface area contributed by atoms with Crippen LogP contribution in [0.25, 0.3) is 21.3 Å². The molecule has 0 aliphatic heterocycles. The molecule has 4 nitrogen and oxygen atoms in total. The number of aromatic nitrogens is 2. The highest BCUT2D eigenvalue weighted by atomic mass is 32.2. The number of benzene rings is 2. The van der Waals surface area contributed by atoms with E-state index in [4.69, 9.17) is 0 Å². The summed E-state index contributed by atoms with van der Waals surface area (Å²) in [6, 6.07) is 16.3. The molecule has 152 valence electrons. The van der Waals surface area contributed by atoms with Crippen LogP contribution in [0.4, 0.5) is 5.69 Å². The van der Waals surface area contributed by atoms with Gasteiger partial charge in [-0.15, -0.1) is 11.3 Å². The fourth-order valence-corrected chi connectivity index (χ4v) is 5.45. The summed E-state index contributed by atoms with van der Waals surface area (Å²) < 4.78 is 0. The van der Waals surface area contributed by atoms with Gasteiger partial charge in [0.05, 0.1) is 10.6 Å². The first-order chi connectivity index (χ1) is 14.6. The van der Waals surface area contributed by atoms with Crippen molar-refractivity contribution in [2.24, 2.45) is 0 Å². The second-order valence-electron chi connectivity index (χ2n) is 7.15. The minimum atomic E-state index is -0.245. The van der Waals surface area contributed by atoms with Crippen LogP contribution in [0.5, 0.6) is 0 Å². The van der Waals surface area contributed by atoms with Crippen molar-refractivity contribution >= 4 is 44.9 Å². The molecule has 1 amide bonds. The second-order valence-corrected chi connectivity index (χ2v) is 9.19. The van der Waals surface area contributed by atoms with Crippen LogP contribution in [0.3, 0.4) is 0 Å². The van der Waals surface area contributed by atoms with E-state index in [1.807, 2.05) is 57.2 Å². The molecule has 1 N–H and O–H groups in total. The van der Waals surface area contributed by atoms with Gasteiger partial charge in [0, 0.05) is 16.6 Å². The topological polar surface area (TPSA) is 54.9 Å². The Labute approximate surface area is 184 Å². The molecular weight excluding hydrogens is 410 g/mol. The molecular formula is C24H23N3OS2. The van der Waals surface area contributed by atoms with Gasteiger partial charge in [-0.25, -0.2) is 9.97 Å².